The van der Waals surface area contributed by atoms with Gasteiger partial charge in [0.25, 0.3) is 0 Å². The Morgan fingerprint density at radius 3 is 2.25 bits per heavy atom. The summed E-state index contributed by atoms with van der Waals surface area (Å²) in [5.74, 6) is 0.776. The van der Waals surface area contributed by atoms with Crippen molar-refractivity contribution in [3.63, 3.8) is 0 Å². The lowest BCUT2D eigenvalue weighted by Crippen LogP contribution is -1.97. The average molecular weight is 218 g/mol. The van der Waals surface area contributed by atoms with Crippen molar-refractivity contribution in [3.8, 4) is 11.4 Å². The molecule has 0 atom stereocenters. The molecule has 0 radical (unpaired) electrons. The van der Waals surface area contributed by atoms with Gasteiger partial charge >= 0.3 is 0 Å². The molecule has 0 bridgehead atoms. The Hall–Kier alpha value is -1.90. The maximum absolute atomic E-state index is 5.89. The van der Waals surface area contributed by atoms with Crippen molar-refractivity contribution in [1.82, 2.24) is 4.57 Å². The van der Waals surface area contributed by atoms with Crippen LogP contribution in [0.3, 0.4) is 0 Å². The summed E-state index contributed by atoms with van der Waals surface area (Å²) < 4.78 is 7.05. The highest BCUT2D eigenvalue weighted by Crippen LogP contribution is 2.22. The van der Waals surface area contributed by atoms with E-state index in [9.17, 15) is 0 Å². The Morgan fingerprint density at radius 1 is 1.12 bits per heavy atom. The van der Waals surface area contributed by atoms with Crippen molar-refractivity contribution in [2.24, 2.45) is 0 Å². The first kappa shape index (κ1) is 12.2. The topological polar surface area (TPSA) is 40.2 Å². The van der Waals surface area contributed by atoms with Crippen molar-refractivity contribution in [2.45, 2.75) is 13.8 Å². The van der Waals surface area contributed by atoms with Crippen LogP contribution in [0.5, 0.6) is 5.75 Å². The number of nitrogen functional groups attached to an aromatic ring is 1. The predicted octanol–water partition coefficient (Wildman–Crippen LogP) is 3.09. The number of aromatic nitrogens is 1. The lowest BCUT2D eigenvalue weighted by atomic mass is 10.2. The number of anilines is 1. The van der Waals surface area contributed by atoms with E-state index in [1.165, 1.54) is 0 Å². The number of hydrogen-bond donors (Lipinski definition) is 1. The second-order valence-corrected chi connectivity index (χ2v) is 3.02. The third kappa shape index (κ3) is 2.57. The molecule has 0 fully saturated rings. The molecule has 0 aliphatic rings. The van der Waals surface area contributed by atoms with Crippen LogP contribution in [0, 0.1) is 0 Å². The van der Waals surface area contributed by atoms with Gasteiger partial charge in [-0.3, -0.25) is 0 Å². The summed E-state index contributed by atoms with van der Waals surface area (Å²) in [7, 11) is 1.63. The molecule has 0 saturated heterocycles. The minimum Gasteiger partial charge on any atom is -0.497 e. The summed E-state index contributed by atoms with van der Waals surface area (Å²) in [5, 5.41) is 0. The maximum atomic E-state index is 5.89. The van der Waals surface area contributed by atoms with E-state index < -0.39 is 0 Å². The summed E-state index contributed by atoms with van der Waals surface area (Å²) in [6, 6.07) is 9.57. The maximum Gasteiger partial charge on any atom is 0.121 e. The number of methoxy groups -OCH3 is 1. The first-order chi connectivity index (χ1) is 7.81. The van der Waals surface area contributed by atoms with Crippen LogP contribution in [0.1, 0.15) is 13.8 Å². The van der Waals surface area contributed by atoms with E-state index in [1.54, 1.807) is 7.11 Å². The highest BCUT2D eigenvalue weighted by atomic mass is 16.5. The van der Waals surface area contributed by atoms with Crippen molar-refractivity contribution < 1.29 is 4.74 Å². The van der Waals surface area contributed by atoms with Crippen LogP contribution in [0.25, 0.3) is 5.69 Å². The average Bonchev–Trinajstić information content (AvgIpc) is 2.85. The number of benzene rings is 1. The van der Waals surface area contributed by atoms with E-state index in [2.05, 4.69) is 0 Å². The van der Waals surface area contributed by atoms with Crippen LogP contribution in [0.15, 0.2) is 42.7 Å². The van der Waals surface area contributed by atoms with E-state index >= 15 is 0 Å². The van der Waals surface area contributed by atoms with Crippen molar-refractivity contribution in [1.29, 1.82) is 0 Å². The summed E-state index contributed by atoms with van der Waals surface area (Å²) in [4.78, 5) is 0. The van der Waals surface area contributed by atoms with Crippen LogP contribution in [0.2, 0.25) is 0 Å². The Morgan fingerprint density at radius 2 is 1.75 bits per heavy atom. The lowest BCUT2D eigenvalue weighted by Gasteiger charge is -2.08. The van der Waals surface area contributed by atoms with Crippen molar-refractivity contribution in [2.75, 3.05) is 12.8 Å². The molecule has 86 valence electrons. The molecule has 0 unspecified atom stereocenters. The zero-order valence-electron chi connectivity index (χ0n) is 9.97. The molecule has 16 heavy (non-hydrogen) atoms. The second kappa shape index (κ2) is 5.85. The van der Waals surface area contributed by atoms with E-state index in [1.807, 2.05) is 61.1 Å². The van der Waals surface area contributed by atoms with Gasteiger partial charge in [-0.1, -0.05) is 13.8 Å². The molecule has 1 heterocycles. The van der Waals surface area contributed by atoms with Gasteiger partial charge in [0, 0.05) is 18.5 Å². The lowest BCUT2D eigenvalue weighted by molar-refractivity contribution is 0.415. The van der Waals surface area contributed by atoms with Gasteiger partial charge in [0.05, 0.1) is 18.5 Å². The Kier molecular flexibility index (Phi) is 4.45. The Balaban J connectivity index is 0.000000606. The van der Waals surface area contributed by atoms with Gasteiger partial charge in [0.2, 0.25) is 0 Å². The first-order valence-electron chi connectivity index (χ1n) is 5.38. The van der Waals surface area contributed by atoms with Gasteiger partial charge in [-0.05, 0) is 24.3 Å². The van der Waals surface area contributed by atoms with Crippen LogP contribution in [0.4, 0.5) is 5.69 Å². The quantitative estimate of drug-likeness (QED) is 0.787. The predicted molar refractivity (Wildman–Crippen MR) is 68.1 cm³/mol. The third-order valence-electron chi connectivity index (χ3n) is 2.12. The van der Waals surface area contributed by atoms with Gasteiger partial charge in [-0.25, -0.2) is 0 Å². The minimum absolute atomic E-state index is 0.709. The SMILES string of the molecule is CC.COc1ccc(-n2cccc2)c(N)c1. The fourth-order valence-electron chi connectivity index (χ4n) is 1.39. The largest absolute Gasteiger partial charge is 0.497 e. The highest BCUT2D eigenvalue weighted by Gasteiger charge is 2.01. The van der Waals surface area contributed by atoms with Crippen LogP contribution in [-0.4, -0.2) is 11.7 Å². The van der Waals surface area contributed by atoms with Gasteiger partial charge in [-0.15, -0.1) is 0 Å². The van der Waals surface area contributed by atoms with Gasteiger partial charge in [-0.2, -0.15) is 0 Å². The van der Waals surface area contributed by atoms with Crippen LogP contribution in [-0.2, 0) is 0 Å². The number of rotatable bonds is 2. The van der Waals surface area contributed by atoms with Gasteiger partial charge in [0.15, 0.2) is 0 Å². The number of nitrogens with zero attached hydrogens (tertiary/aromatic N) is 1. The van der Waals surface area contributed by atoms with E-state index in [0.29, 0.717) is 5.69 Å². The molecule has 3 heteroatoms. The molecule has 0 aliphatic carbocycles. The van der Waals surface area contributed by atoms with E-state index in [-0.39, 0.29) is 0 Å². The molecule has 2 rings (SSSR count). The monoisotopic (exact) mass is 218 g/mol. The summed E-state index contributed by atoms with van der Waals surface area (Å²) in [5.41, 5.74) is 7.56. The van der Waals surface area contributed by atoms with E-state index in [0.717, 1.165) is 11.4 Å². The summed E-state index contributed by atoms with van der Waals surface area (Å²) in [6.07, 6.45) is 3.91. The molecule has 0 saturated carbocycles. The summed E-state index contributed by atoms with van der Waals surface area (Å²) >= 11 is 0. The molecule has 0 spiro atoms. The zero-order chi connectivity index (χ0) is 12.0. The van der Waals surface area contributed by atoms with Crippen LogP contribution >= 0.6 is 0 Å². The molecule has 1 aromatic carbocycles. The number of hydrogen-bond acceptors (Lipinski definition) is 2. The fraction of sp³-hybridized carbons (Fsp3) is 0.231. The second-order valence-electron chi connectivity index (χ2n) is 3.02. The minimum atomic E-state index is 0.709. The molecular formula is C13H18N2O. The normalized spacial score (nSPS) is 9.19. The zero-order valence-corrected chi connectivity index (χ0v) is 9.97. The molecule has 0 aliphatic heterocycles. The fourth-order valence-corrected chi connectivity index (χ4v) is 1.39. The number of nitrogens with two attached hydrogens (primary N) is 1. The van der Waals surface area contributed by atoms with Gasteiger partial charge < -0.3 is 15.0 Å². The molecule has 3 nitrogen and oxygen atoms in total. The molecular weight excluding hydrogens is 200 g/mol. The smallest absolute Gasteiger partial charge is 0.121 e. The Bertz CT molecular complexity index is 422. The molecule has 0 amide bonds. The first-order valence-corrected chi connectivity index (χ1v) is 5.38. The van der Waals surface area contributed by atoms with Gasteiger partial charge in [0.1, 0.15) is 5.75 Å². The number of ether oxygens (including phenoxy) is 1. The summed E-state index contributed by atoms with van der Waals surface area (Å²) in [6.45, 7) is 4.00. The molecule has 1 aromatic heterocycles. The van der Waals surface area contributed by atoms with Crippen LogP contribution < -0.4 is 10.5 Å². The molecule has 2 aromatic rings. The van der Waals surface area contributed by atoms with E-state index in [4.69, 9.17) is 10.5 Å². The molecule has 2 N–H and O–H groups in total. The third-order valence-corrected chi connectivity index (χ3v) is 2.12. The standard InChI is InChI=1S/C11H12N2O.C2H6/c1-14-9-4-5-11(10(12)8-9)13-6-2-3-7-13;1-2/h2-8H,12H2,1H3;1-2H3. The van der Waals surface area contributed by atoms with Crippen molar-refractivity contribution >= 4 is 5.69 Å². The van der Waals surface area contributed by atoms with Crippen molar-refractivity contribution in [3.05, 3.63) is 42.7 Å². The Labute approximate surface area is 96.5 Å². The highest BCUT2D eigenvalue weighted by molar-refractivity contribution is 5.60.